The van der Waals surface area contributed by atoms with Gasteiger partial charge in [-0.15, -0.1) is 0 Å². The van der Waals surface area contributed by atoms with Crippen molar-refractivity contribution >= 4 is 0 Å². The molecule has 2 rings (SSSR count). The van der Waals surface area contributed by atoms with E-state index in [-0.39, 0.29) is 5.54 Å². The van der Waals surface area contributed by atoms with Crippen LogP contribution in [0, 0.1) is 0 Å². The zero-order valence-electron chi connectivity index (χ0n) is 12.0. The zero-order valence-corrected chi connectivity index (χ0v) is 12.0. The van der Waals surface area contributed by atoms with Gasteiger partial charge in [0.2, 0.25) is 0 Å². The summed E-state index contributed by atoms with van der Waals surface area (Å²) in [5.74, 6) is 1.29. The largest absolute Gasteiger partial charge is 0.496 e. The monoisotopic (exact) mass is 267 g/mol. The summed E-state index contributed by atoms with van der Waals surface area (Å²) >= 11 is 0. The van der Waals surface area contributed by atoms with Crippen LogP contribution < -0.4 is 14.8 Å². The number of nitrogens with one attached hydrogen (secondary N) is 1. The van der Waals surface area contributed by atoms with E-state index >= 15 is 0 Å². The molecule has 0 radical (unpaired) electrons. The molecule has 2 unspecified atom stereocenters. The smallest absolute Gasteiger partial charge is 0.128 e. The Hall–Kier alpha value is -1.29. The molecule has 3 nitrogen and oxygen atoms in total. The minimum absolute atomic E-state index is 0.152. The van der Waals surface area contributed by atoms with Gasteiger partial charge in [-0.1, -0.05) is 0 Å². The molecule has 1 fully saturated rings. The van der Waals surface area contributed by atoms with E-state index < -0.39 is 6.17 Å². The molecule has 1 aromatic carbocycles. The zero-order chi connectivity index (χ0) is 14.0. The second-order valence-corrected chi connectivity index (χ2v) is 5.27. The van der Waals surface area contributed by atoms with Crippen LogP contribution in [-0.4, -0.2) is 20.8 Å². The number of halogens is 1. The molecule has 0 amide bonds. The summed E-state index contributed by atoms with van der Waals surface area (Å²) in [6.07, 6.45) is 1.08. The number of ether oxygens (including phenoxy) is 2. The fourth-order valence-corrected chi connectivity index (χ4v) is 2.79. The van der Waals surface area contributed by atoms with Crippen molar-refractivity contribution in [1.82, 2.24) is 5.32 Å². The predicted octanol–water partition coefficient (Wildman–Crippen LogP) is 3.33. The Bertz CT molecular complexity index is 454. The van der Waals surface area contributed by atoms with Crippen molar-refractivity contribution in [2.45, 2.75) is 38.4 Å². The molecule has 0 aliphatic carbocycles. The summed E-state index contributed by atoms with van der Waals surface area (Å²) in [5.41, 5.74) is 1.43. The molecular formula is C15H22FNO2. The van der Waals surface area contributed by atoms with E-state index in [9.17, 15) is 4.39 Å². The summed E-state index contributed by atoms with van der Waals surface area (Å²) in [4.78, 5) is 0. The van der Waals surface area contributed by atoms with Gasteiger partial charge in [-0.25, -0.2) is 4.39 Å². The lowest BCUT2D eigenvalue weighted by atomic mass is 9.87. The van der Waals surface area contributed by atoms with Crippen LogP contribution in [0.5, 0.6) is 11.5 Å². The lowest BCUT2D eigenvalue weighted by Gasteiger charge is -2.28. The molecule has 1 aliphatic rings. The first-order valence-electron chi connectivity index (χ1n) is 6.67. The third-order valence-corrected chi connectivity index (χ3v) is 3.94. The van der Waals surface area contributed by atoms with Crippen molar-refractivity contribution in [3.8, 4) is 11.5 Å². The van der Waals surface area contributed by atoms with E-state index in [2.05, 4.69) is 12.2 Å². The van der Waals surface area contributed by atoms with Gasteiger partial charge in [-0.05, 0) is 39.3 Å². The molecule has 1 saturated heterocycles. The molecule has 1 aliphatic heterocycles. The van der Waals surface area contributed by atoms with Crippen LogP contribution in [0.4, 0.5) is 4.39 Å². The van der Waals surface area contributed by atoms with Gasteiger partial charge in [0.25, 0.3) is 0 Å². The van der Waals surface area contributed by atoms with E-state index in [0.717, 1.165) is 30.7 Å². The van der Waals surface area contributed by atoms with Crippen molar-refractivity contribution in [1.29, 1.82) is 0 Å². The average molecular weight is 267 g/mol. The second-order valence-electron chi connectivity index (χ2n) is 5.27. The normalized spacial score (nSPS) is 24.3. The highest BCUT2D eigenvalue weighted by molar-refractivity contribution is 5.50. The first-order chi connectivity index (χ1) is 9.01. The van der Waals surface area contributed by atoms with E-state index in [1.807, 2.05) is 6.07 Å². The van der Waals surface area contributed by atoms with Gasteiger partial charge in [0, 0.05) is 22.7 Å². The molecule has 0 spiro atoms. The van der Waals surface area contributed by atoms with E-state index in [4.69, 9.17) is 9.47 Å². The number of methoxy groups -OCH3 is 2. The summed E-state index contributed by atoms with van der Waals surface area (Å²) < 4.78 is 24.5. The van der Waals surface area contributed by atoms with Gasteiger partial charge in [0.15, 0.2) is 0 Å². The number of benzene rings is 1. The summed E-state index contributed by atoms with van der Waals surface area (Å²) in [5, 5.41) is 3.48. The number of hydrogen-bond acceptors (Lipinski definition) is 3. The van der Waals surface area contributed by atoms with Gasteiger partial charge in [0.1, 0.15) is 17.7 Å². The Morgan fingerprint density at radius 3 is 2.42 bits per heavy atom. The van der Waals surface area contributed by atoms with Gasteiger partial charge < -0.3 is 14.8 Å². The van der Waals surface area contributed by atoms with Crippen LogP contribution in [0.15, 0.2) is 12.1 Å². The SMILES string of the molecule is COc1cc(OC)c(C2(C)CCCN2)cc1C(C)F. The third kappa shape index (κ3) is 2.54. The van der Waals surface area contributed by atoms with Crippen LogP contribution in [-0.2, 0) is 5.54 Å². The van der Waals surface area contributed by atoms with Crippen molar-refractivity contribution < 1.29 is 13.9 Å². The lowest BCUT2D eigenvalue weighted by molar-refractivity contribution is 0.334. The van der Waals surface area contributed by atoms with Crippen LogP contribution in [0.3, 0.4) is 0 Å². The number of rotatable bonds is 4. The molecule has 1 heterocycles. The summed E-state index contributed by atoms with van der Waals surface area (Å²) in [6.45, 7) is 4.64. The minimum atomic E-state index is -1.07. The molecule has 4 heteroatoms. The summed E-state index contributed by atoms with van der Waals surface area (Å²) in [7, 11) is 3.19. The molecule has 2 atom stereocenters. The molecule has 106 valence electrons. The number of hydrogen-bond donors (Lipinski definition) is 1. The molecule has 1 aromatic rings. The molecule has 0 saturated carbocycles. The van der Waals surface area contributed by atoms with Gasteiger partial charge in [-0.2, -0.15) is 0 Å². The standard InChI is InChI=1S/C15H22FNO2/c1-10(16)11-8-12(15(2)6-5-7-17-15)14(19-4)9-13(11)18-3/h8-10,17H,5-7H2,1-4H3. The van der Waals surface area contributed by atoms with Crippen molar-refractivity contribution in [2.75, 3.05) is 20.8 Å². The molecule has 19 heavy (non-hydrogen) atoms. The van der Waals surface area contributed by atoms with Crippen LogP contribution in [0.1, 0.15) is 44.0 Å². The second kappa shape index (κ2) is 5.37. The average Bonchev–Trinajstić information content (AvgIpc) is 2.84. The van der Waals surface area contributed by atoms with Crippen LogP contribution >= 0.6 is 0 Å². The van der Waals surface area contributed by atoms with Crippen molar-refractivity contribution in [2.24, 2.45) is 0 Å². The lowest BCUT2D eigenvalue weighted by Crippen LogP contribution is -2.33. The maximum atomic E-state index is 13.8. The van der Waals surface area contributed by atoms with E-state index in [1.165, 1.54) is 6.92 Å². The van der Waals surface area contributed by atoms with Crippen LogP contribution in [0.2, 0.25) is 0 Å². The summed E-state index contributed by atoms with van der Waals surface area (Å²) in [6, 6.07) is 3.66. The molecular weight excluding hydrogens is 245 g/mol. The highest BCUT2D eigenvalue weighted by Gasteiger charge is 2.34. The van der Waals surface area contributed by atoms with Gasteiger partial charge in [-0.3, -0.25) is 0 Å². The molecule has 1 N–H and O–H groups in total. The first-order valence-corrected chi connectivity index (χ1v) is 6.67. The molecule has 0 aromatic heterocycles. The Labute approximate surface area is 114 Å². The fraction of sp³-hybridized carbons (Fsp3) is 0.600. The number of alkyl halides is 1. The van der Waals surface area contributed by atoms with Crippen molar-refractivity contribution in [3.05, 3.63) is 23.3 Å². The highest BCUT2D eigenvalue weighted by Crippen LogP contribution is 2.41. The van der Waals surface area contributed by atoms with Gasteiger partial charge in [0.05, 0.1) is 14.2 Å². The predicted molar refractivity (Wildman–Crippen MR) is 73.7 cm³/mol. The Morgan fingerprint density at radius 2 is 1.95 bits per heavy atom. The van der Waals surface area contributed by atoms with Crippen molar-refractivity contribution in [3.63, 3.8) is 0 Å². The highest BCUT2D eigenvalue weighted by atomic mass is 19.1. The van der Waals surface area contributed by atoms with E-state index in [0.29, 0.717) is 11.3 Å². The quantitative estimate of drug-likeness (QED) is 0.907. The molecule has 0 bridgehead atoms. The third-order valence-electron chi connectivity index (χ3n) is 3.94. The van der Waals surface area contributed by atoms with Crippen LogP contribution in [0.25, 0.3) is 0 Å². The first kappa shape index (κ1) is 14.1. The Morgan fingerprint density at radius 1 is 1.26 bits per heavy atom. The van der Waals surface area contributed by atoms with Gasteiger partial charge >= 0.3 is 0 Å². The fourth-order valence-electron chi connectivity index (χ4n) is 2.79. The minimum Gasteiger partial charge on any atom is -0.496 e. The van der Waals surface area contributed by atoms with E-state index in [1.54, 1.807) is 20.3 Å². The topological polar surface area (TPSA) is 30.5 Å². The Balaban J connectivity index is 2.55. The maximum absolute atomic E-state index is 13.8. The maximum Gasteiger partial charge on any atom is 0.128 e. The Kier molecular flexibility index (Phi) is 3.99.